The third-order valence-electron chi connectivity index (χ3n) is 2.98. The van der Waals surface area contributed by atoms with Gasteiger partial charge in [0.1, 0.15) is 18.1 Å². The molecule has 1 heterocycles. The van der Waals surface area contributed by atoms with Crippen LogP contribution in [0.25, 0.3) is 0 Å². The number of aromatic nitrogens is 1. The van der Waals surface area contributed by atoms with E-state index in [4.69, 9.17) is 9.47 Å². The van der Waals surface area contributed by atoms with Crippen LogP contribution in [0.1, 0.15) is 17.1 Å². The van der Waals surface area contributed by atoms with Crippen molar-refractivity contribution in [1.82, 2.24) is 10.3 Å². The van der Waals surface area contributed by atoms with E-state index < -0.39 is 0 Å². The SMILES string of the molecule is COc1ccc(OCCNC(=O)CCc2nc(C)cs2)cc1. The van der Waals surface area contributed by atoms with Gasteiger partial charge in [-0.15, -0.1) is 11.3 Å². The molecule has 0 spiro atoms. The number of benzene rings is 1. The smallest absolute Gasteiger partial charge is 0.220 e. The summed E-state index contributed by atoms with van der Waals surface area (Å²) in [6.07, 6.45) is 1.14. The summed E-state index contributed by atoms with van der Waals surface area (Å²) in [7, 11) is 1.62. The van der Waals surface area contributed by atoms with Crippen LogP contribution in [-0.4, -0.2) is 31.2 Å². The van der Waals surface area contributed by atoms with Crippen LogP contribution in [0, 0.1) is 6.92 Å². The third-order valence-corrected chi connectivity index (χ3v) is 4.01. The van der Waals surface area contributed by atoms with Crippen LogP contribution in [-0.2, 0) is 11.2 Å². The molecule has 0 aliphatic rings. The summed E-state index contributed by atoms with van der Waals surface area (Å²) >= 11 is 1.59. The fourth-order valence-electron chi connectivity index (χ4n) is 1.86. The van der Waals surface area contributed by atoms with Crippen molar-refractivity contribution in [2.75, 3.05) is 20.3 Å². The maximum Gasteiger partial charge on any atom is 0.220 e. The first kappa shape index (κ1) is 16.3. The Bertz CT molecular complexity index is 596. The van der Waals surface area contributed by atoms with Crippen LogP contribution in [0.5, 0.6) is 11.5 Å². The number of hydrogen-bond donors (Lipinski definition) is 1. The monoisotopic (exact) mass is 320 g/mol. The lowest BCUT2D eigenvalue weighted by Crippen LogP contribution is -2.28. The van der Waals surface area contributed by atoms with Gasteiger partial charge in [-0.1, -0.05) is 0 Å². The van der Waals surface area contributed by atoms with Crippen LogP contribution < -0.4 is 14.8 Å². The van der Waals surface area contributed by atoms with Crippen molar-refractivity contribution in [2.24, 2.45) is 0 Å². The van der Waals surface area contributed by atoms with Crippen molar-refractivity contribution >= 4 is 17.2 Å². The highest BCUT2D eigenvalue weighted by atomic mass is 32.1. The van der Waals surface area contributed by atoms with Gasteiger partial charge in [0.15, 0.2) is 0 Å². The van der Waals surface area contributed by atoms with Crippen molar-refractivity contribution in [1.29, 1.82) is 0 Å². The van der Waals surface area contributed by atoms with Crippen LogP contribution in [0.4, 0.5) is 0 Å². The van der Waals surface area contributed by atoms with Gasteiger partial charge in [0, 0.05) is 23.9 Å². The van der Waals surface area contributed by atoms with E-state index >= 15 is 0 Å². The zero-order chi connectivity index (χ0) is 15.8. The van der Waals surface area contributed by atoms with Crippen molar-refractivity contribution in [2.45, 2.75) is 19.8 Å². The first-order valence-corrected chi connectivity index (χ1v) is 8.00. The van der Waals surface area contributed by atoms with E-state index in [1.165, 1.54) is 0 Å². The lowest BCUT2D eigenvalue weighted by Gasteiger charge is -2.08. The van der Waals surface area contributed by atoms with E-state index in [1.54, 1.807) is 18.4 Å². The molecule has 1 amide bonds. The molecular weight excluding hydrogens is 300 g/mol. The number of ether oxygens (including phenoxy) is 2. The summed E-state index contributed by atoms with van der Waals surface area (Å²) in [6, 6.07) is 7.35. The average Bonchev–Trinajstić information content (AvgIpc) is 2.96. The molecule has 118 valence electrons. The van der Waals surface area contributed by atoms with E-state index in [2.05, 4.69) is 10.3 Å². The largest absolute Gasteiger partial charge is 0.497 e. The molecule has 0 saturated heterocycles. The van der Waals surface area contributed by atoms with Crippen LogP contribution in [0.15, 0.2) is 29.6 Å². The second-order valence-electron chi connectivity index (χ2n) is 4.76. The molecule has 0 radical (unpaired) electrons. The molecule has 2 rings (SSSR count). The molecule has 6 heteroatoms. The van der Waals surface area contributed by atoms with Gasteiger partial charge in [-0.25, -0.2) is 4.98 Å². The first-order valence-electron chi connectivity index (χ1n) is 7.12. The molecule has 1 N–H and O–H groups in total. The molecule has 0 fully saturated rings. The Morgan fingerprint density at radius 3 is 2.64 bits per heavy atom. The summed E-state index contributed by atoms with van der Waals surface area (Å²) in [5.74, 6) is 1.57. The predicted molar refractivity (Wildman–Crippen MR) is 86.7 cm³/mol. The number of nitrogens with one attached hydrogen (secondary N) is 1. The Kier molecular flexibility index (Phi) is 6.21. The van der Waals surface area contributed by atoms with Crippen LogP contribution in [0.3, 0.4) is 0 Å². The number of aryl methyl sites for hydroxylation is 2. The molecule has 0 unspecified atom stereocenters. The third kappa shape index (κ3) is 5.37. The number of rotatable bonds is 8. The van der Waals surface area contributed by atoms with E-state index in [0.717, 1.165) is 22.2 Å². The number of thiazole rings is 1. The predicted octanol–water partition coefficient (Wildman–Crippen LogP) is 2.59. The van der Waals surface area contributed by atoms with Crippen molar-refractivity contribution < 1.29 is 14.3 Å². The molecule has 2 aromatic rings. The van der Waals surface area contributed by atoms with Gasteiger partial charge in [0.05, 0.1) is 18.7 Å². The van der Waals surface area contributed by atoms with Crippen molar-refractivity contribution in [3.05, 3.63) is 40.3 Å². The molecule has 1 aromatic carbocycles. The summed E-state index contributed by atoms with van der Waals surface area (Å²) in [6.45, 7) is 2.88. The fraction of sp³-hybridized carbons (Fsp3) is 0.375. The summed E-state index contributed by atoms with van der Waals surface area (Å²) in [4.78, 5) is 16.0. The quantitative estimate of drug-likeness (QED) is 0.760. The highest BCUT2D eigenvalue weighted by molar-refractivity contribution is 7.09. The minimum absolute atomic E-state index is 0.0196. The van der Waals surface area contributed by atoms with Gasteiger partial charge in [0.2, 0.25) is 5.91 Å². The summed E-state index contributed by atoms with van der Waals surface area (Å²) in [5.41, 5.74) is 1.01. The topological polar surface area (TPSA) is 60.5 Å². The molecular formula is C16H20N2O3S. The number of methoxy groups -OCH3 is 1. The Hall–Kier alpha value is -2.08. The summed E-state index contributed by atoms with van der Waals surface area (Å²) in [5, 5.41) is 5.84. The maximum atomic E-state index is 11.7. The molecule has 22 heavy (non-hydrogen) atoms. The molecule has 1 aromatic heterocycles. The normalized spacial score (nSPS) is 10.3. The highest BCUT2D eigenvalue weighted by Crippen LogP contribution is 2.16. The Balaban J connectivity index is 1.60. The average molecular weight is 320 g/mol. The van der Waals surface area contributed by atoms with E-state index in [0.29, 0.717) is 26.0 Å². The number of hydrogen-bond acceptors (Lipinski definition) is 5. The van der Waals surface area contributed by atoms with Crippen molar-refractivity contribution in [3.63, 3.8) is 0 Å². The van der Waals surface area contributed by atoms with Gasteiger partial charge >= 0.3 is 0 Å². The van der Waals surface area contributed by atoms with Gasteiger partial charge in [-0.05, 0) is 31.2 Å². The van der Waals surface area contributed by atoms with E-state index in [9.17, 15) is 4.79 Å². The molecule has 0 bridgehead atoms. The first-order chi connectivity index (χ1) is 10.7. The fourth-order valence-corrected chi connectivity index (χ4v) is 2.63. The molecule has 0 atom stereocenters. The maximum absolute atomic E-state index is 11.7. The molecule has 0 saturated carbocycles. The zero-order valence-electron chi connectivity index (χ0n) is 12.8. The van der Waals surface area contributed by atoms with Gasteiger partial charge in [-0.3, -0.25) is 4.79 Å². The number of nitrogens with zero attached hydrogens (tertiary/aromatic N) is 1. The Morgan fingerprint density at radius 2 is 2.00 bits per heavy atom. The Labute approximate surface area is 134 Å². The summed E-state index contributed by atoms with van der Waals surface area (Å²) < 4.78 is 10.6. The Morgan fingerprint density at radius 1 is 1.27 bits per heavy atom. The number of carbonyl (C=O) groups excluding carboxylic acids is 1. The minimum atomic E-state index is 0.0196. The van der Waals surface area contributed by atoms with Gasteiger partial charge in [0.25, 0.3) is 0 Å². The highest BCUT2D eigenvalue weighted by Gasteiger charge is 2.04. The molecule has 0 aliphatic carbocycles. The van der Waals surface area contributed by atoms with Crippen molar-refractivity contribution in [3.8, 4) is 11.5 Å². The zero-order valence-corrected chi connectivity index (χ0v) is 13.6. The number of amides is 1. The van der Waals surface area contributed by atoms with Crippen LogP contribution in [0.2, 0.25) is 0 Å². The van der Waals surface area contributed by atoms with E-state index in [1.807, 2.05) is 36.6 Å². The number of carbonyl (C=O) groups is 1. The second-order valence-corrected chi connectivity index (χ2v) is 5.70. The lowest BCUT2D eigenvalue weighted by atomic mass is 10.3. The lowest BCUT2D eigenvalue weighted by molar-refractivity contribution is -0.121. The second kappa shape index (κ2) is 8.38. The molecule has 0 aliphatic heterocycles. The standard InChI is InChI=1S/C16H20N2O3S/c1-12-11-22-16(18-12)8-7-15(19)17-9-10-21-14-5-3-13(20-2)4-6-14/h3-6,11H,7-10H2,1-2H3,(H,17,19). The molecule has 5 nitrogen and oxygen atoms in total. The van der Waals surface area contributed by atoms with Crippen LogP contribution >= 0.6 is 11.3 Å². The minimum Gasteiger partial charge on any atom is -0.497 e. The van der Waals surface area contributed by atoms with E-state index in [-0.39, 0.29) is 5.91 Å². The van der Waals surface area contributed by atoms with Gasteiger partial charge < -0.3 is 14.8 Å². The van der Waals surface area contributed by atoms with Gasteiger partial charge in [-0.2, -0.15) is 0 Å².